The average Bonchev–Trinajstić information content (AvgIpc) is 3.55. The maximum Gasteiger partial charge on any atom is 0.165 e. The van der Waals surface area contributed by atoms with Crippen LogP contribution in [0.3, 0.4) is 0 Å². The van der Waals surface area contributed by atoms with Gasteiger partial charge in [-0.1, -0.05) is 78.9 Å². The molecule has 0 saturated carbocycles. The van der Waals surface area contributed by atoms with Crippen LogP contribution in [0.15, 0.2) is 115 Å². The van der Waals surface area contributed by atoms with Crippen LogP contribution < -0.4 is 0 Å². The van der Waals surface area contributed by atoms with Gasteiger partial charge in [0.1, 0.15) is 5.69 Å². The summed E-state index contributed by atoms with van der Waals surface area (Å²) in [6, 6.07) is 41.6. The van der Waals surface area contributed by atoms with Gasteiger partial charge in [-0.2, -0.15) is 0 Å². The van der Waals surface area contributed by atoms with E-state index in [4.69, 9.17) is 9.97 Å². The Morgan fingerprint density at radius 2 is 0.929 bits per heavy atom. The van der Waals surface area contributed by atoms with Gasteiger partial charge in [-0.25, -0.2) is 9.97 Å². The Morgan fingerprint density at radius 3 is 1.67 bits per heavy atom. The summed E-state index contributed by atoms with van der Waals surface area (Å²) in [7, 11) is 0. The summed E-state index contributed by atoms with van der Waals surface area (Å²) in [4.78, 5) is 10.6. The van der Waals surface area contributed by atoms with Crippen molar-refractivity contribution in [2.45, 2.75) is 0 Å². The van der Waals surface area contributed by atoms with Gasteiger partial charge in [0.05, 0.1) is 22.1 Å². The molecule has 0 atom stereocenters. The minimum atomic E-state index is 0.865. The van der Waals surface area contributed by atoms with Gasteiger partial charge in [-0.05, 0) is 63.3 Å². The number of hydrogen-bond donors (Lipinski definition) is 0. The molecule has 11 rings (SSSR count). The van der Waals surface area contributed by atoms with E-state index in [1.54, 1.807) is 0 Å². The average molecular weight is 550 g/mol. The van der Waals surface area contributed by atoms with Crippen LogP contribution in [0.4, 0.5) is 0 Å². The van der Waals surface area contributed by atoms with E-state index in [2.05, 4.69) is 108 Å². The maximum atomic E-state index is 5.35. The van der Waals surface area contributed by atoms with Crippen LogP contribution in [0, 0.1) is 0 Å². The highest BCUT2D eigenvalue weighted by atomic mass is 32.1. The van der Waals surface area contributed by atoms with Crippen LogP contribution in [0.2, 0.25) is 0 Å². The molecule has 0 unspecified atom stereocenters. The van der Waals surface area contributed by atoms with E-state index in [0.717, 1.165) is 28.1 Å². The number of benzene rings is 7. The van der Waals surface area contributed by atoms with Crippen molar-refractivity contribution in [3.05, 3.63) is 115 Å². The number of rotatable bonds is 2. The minimum Gasteiger partial charge on any atom is -0.292 e. The first kappa shape index (κ1) is 21.4. The van der Waals surface area contributed by atoms with E-state index >= 15 is 0 Å². The lowest BCUT2D eigenvalue weighted by atomic mass is 9.94. The van der Waals surface area contributed by atoms with Crippen LogP contribution in [0.5, 0.6) is 0 Å². The van der Waals surface area contributed by atoms with Crippen molar-refractivity contribution in [3.63, 3.8) is 0 Å². The maximum absolute atomic E-state index is 5.35. The monoisotopic (exact) mass is 549 g/mol. The number of para-hydroxylation sites is 2. The topological polar surface area (TPSA) is 30.7 Å². The molecule has 0 N–H and O–H groups in total. The first-order valence-electron chi connectivity index (χ1n) is 14.3. The summed E-state index contributed by atoms with van der Waals surface area (Å²) >= 11 is 1.90. The van der Waals surface area contributed by atoms with Crippen molar-refractivity contribution in [3.8, 4) is 17.1 Å². The fourth-order valence-electron chi connectivity index (χ4n) is 7.55. The summed E-state index contributed by atoms with van der Waals surface area (Å²) in [6.07, 6.45) is 0. The molecule has 0 aliphatic rings. The van der Waals surface area contributed by atoms with E-state index in [-0.39, 0.29) is 0 Å². The van der Waals surface area contributed by atoms with Gasteiger partial charge in [0.15, 0.2) is 5.82 Å². The number of aromatic nitrogens is 3. The van der Waals surface area contributed by atoms with Gasteiger partial charge >= 0.3 is 0 Å². The largest absolute Gasteiger partial charge is 0.292 e. The van der Waals surface area contributed by atoms with Crippen LogP contribution in [0.25, 0.3) is 102 Å². The standard InChI is InChI=1S/C38H19N3S/c1-2-6-23(7-3-1)37-38(40-25-9-5-4-8-24(25)39-37)41-26-16-14-21-12-10-20-11-13-22-15-18-28-35-32(22)30(20)31(21)33(26)34-27(41)17-19-29(42-28)36(34)35/h1-19H. The van der Waals surface area contributed by atoms with Gasteiger partial charge in [0.25, 0.3) is 0 Å². The lowest BCUT2D eigenvalue weighted by Crippen LogP contribution is -2.03. The molecule has 3 heterocycles. The molecular formula is C38H19N3S. The summed E-state index contributed by atoms with van der Waals surface area (Å²) in [5.41, 5.74) is 6.09. The Labute approximate surface area is 242 Å². The Hall–Kier alpha value is -5.32. The lowest BCUT2D eigenvalue weighted by molar-refractivity contribution is 1.08. The van der Waals surface area contributed by atoms with Gasteiger partial charge in [0, 0.05) is 41.9 Å². The highest BCUT2D eigenvalue weighted by Gasteiger charge is 2.26. The van der Waals surface area contributed by atoms with E-state index in [9.17, 15) is 0 Å². The van der Waals surface area contributed by atoms with E-state index in [1.165, 1.54) is 74.3 Å². The van der Waals surface area contributed by atoms with Crippen LogP contribution >= 0.6 is 11.3 Å². The minimum absolute atomic E-state index is 0.865. The summed E-state index contributed by atoms with van der Waals surface area (Å²) < 4.78 is 5.05. The highest BCUT2D eigenvalue weighted by molar-refractivity contribution is 7.26. The zero-order valence-corrected chi connectivity index (χ0v) is 23.0. The first-order valence-corrected chi connectivity index (χ1v) is 15.1. The van der Waals surface area contributed by atoms with E-state index < -0.39 is 0 Å². The number of hydrogen-bond acceptors (Lipinski definition) is 3. The molecule has 4 heteroatoms. The predicted octanol–water partition coefficient (Wildman–Crippen LogP) is 10.5. The van der Waals surface area contributed by atoms with Gasteiger partial charge in [-0.3, -0.25) is 4.57 Å². The molecule has 0 spiro atoms. The van der Waals surface area contributed by atoms with Crippen molar-refractivity contribution in [1.82, 2.24) is 14.5 Å². The zero-order valence-electron chi connectivity index (χ0n) is 22.2. The summed E-state index contributed by atoms with van der Waals surface area (Å²) in [6.45, 7) is 0. The predicted molar refractivity (Wildman–Crippen MR) is 178 cm³/mol. The highest BCUT2D eigenvalue weighted by Crippen LogP contribution is 2.52. The zero-order chi connectivity index (χ0) is 27.1. The molecule has 42 heavy (non-hydrogen) atoms. The second kappa shape index (κ2) is 7.30. The third-order valence-corrected chi connectivity index (χ3v) is 10.4. The molecule has 0 radical (unpaired) electrons. The third kappa shape index (κ3) is 2.45. The van der Waals surface area contributed by atoms with E-state index in [0.29, 0.717) is 0 Å². The van der Waals surface area contributed by atoms with Crippen molar-refractivity contribution >= 4 is 96.7 Å². The lowest BCUT2D eigenvalue weighted by Gasteiger charge is -2.14. The van der Waals surface area contributed by atoms with Gasteiger partial charge in [-0.15, -0.1) is 11.3 Å². The Bertz CT molecular complexity index is 2840. The second-order valence-corrected chi connectivity index (χ2v) is 12.4. The molecule has 0 aliphatic carbocycles. The first-order chi connectivity index (χ1) is 20.8. The third-order valence-electron chi connectivity index (χ3n) is 9.25. The number of thiophene rings is 1. The van der Waals surface area contributed by atoms with Crippen molar-refractivity contribution in [2.24, 2.45) is 0 Å². The molecule has 192 valence electrons. The molecule has 0 amide bonds. The molecule has 3 nitrogen and oxygen atoms in total. The Morgan fingerprint density at radius 1 is 0.429 bits per heavy atom. The smallest absolute Gasteiger partial charge is 0.165 e. The quantitative estimate of drug-likeness (QED) is 0.201. The summed E-state index contributed by atoms with van der Waals surface area (Å²) in [5, 5.41) is 13.4. The molecular weight excluding hydrogens is 531 g/mol. The van der Waals surface area contributed by atoms with Crippen molar-refractivity contribution in [1.29, 1.82) is 0 Å². The molecule has 3 aromatic heterocycles. The molecule has 0 fully saturated rings. The molecule has 0 saturated heterocycles. The molecule has 0 bridgehead atoms. The second-order valence-electron chi connectivity index (χ2n) is 11.3. The molecule has 0 aliphatic heterocycles. The number of nitrogens with zero attached hydrogens (tertiary/aromatic N) is 3. The van der Waals surface area contributed by atoms with Gasteiger partial charge in [0.2, 0.25) is 0 Å². The molecule has 8 aromatic carbocycles. The fourth-order valence-corrected chi connectivity index (χ4v) is 8.67. The Kier molecular flexibility index (Phi) is 3.72. The van der Waals surface area contributed by atoms with Crippen LogP contribution in [-0.2, 0) is 0 Å². The SMILES string of the molecule is c1ccc(-c2nc3ccccc3nc2-n2c3ccc4ccc5ccc6ccc7sc8ccc2c2c8c7c6c5c4c23)cc1. The van der Waals surface area contributed by atoms with Crippen LogP contribution in [-0.4, -0.2) is 14.5 Å². The fraction of sp³-hybridized carbons (Fsp3) is 0. The van der Waals surface area contributed by atoms with Gasteiger partial charge < -0.3 is 0 Å². The molecule has 11 aromatic rings. The Balaban J connectivity index is 1.45. The normalized spacial score (nSPS) is 12.8. The van der Waals surface area contributed by atoms with E-state index in [1.807, 2.05) is 23.5 Å². The van der Waals surface area contributed by atoms with Crippen LogP contribution in [0.1, 0.15) is 0 Å². The number of fused-ring (bicyclic) bond motifs is 1. The van der Waals surface area contributed by atoms with Crippen molar-refractivity contribution < 1.29 is 0 Å². The summed E-state index contributed by atoms with van der Waals surface area (Å²) in [5.74, 6) is 0.865. The van der Waals surface area contributed by atoms with Crippen molar-refractivity contribution in [2.75, 3.05) is 0 Å².